The summed E-state index contributed by atoms with van der Waals surface area (Å²) >= 11 is 0. The maximum atomic E-state index is 13.5. The maximum absolute atomic E-state index is 13.5. The van der Waals surface area contributed by atoms with E-state index in [9.17, 15) is 45.3 Å². The Morgan fingerprint density at radius 1 is 1.06 bits per heavy atom. The number of nitrogens with zero attached hydrogens (tertiary/aromatic N) is 1. The molecule has 7 aliphatic rings. The summed E-state index contributed by atoms with van der Waals surface area (Å²) in [5.74, 6) is -7.78. The number of hydrogen-bond acceptors (Lipinski definition) is 13. The molecule has 4 bridgehead atoms. The summed E-state index contributed by atoms with van der Waals surface area (Å²) in [6, 6.07) is -0.238. The van der Waals surface area contributed by atoms with Crippen molar-refractivity contribution in [3.05, 3.63) is 0 Å². The molecule has 13 heteroatoms. The molecule has 0 radical (unpaired) electrons. The summed E-state index contributed by atoms with van der Waals surface area (Å²) in [6.45, 7) is 13.1. The van der Waals surface area contributed by atoms with Crippen molar-refractivity contribution in [1.82, 2.24) is 4.90 Å². The molecule has 284 valence electrons. The van der Waals surface area contributed by atoms with E-state index in [1.165, 1.54) is 6.92 Å². The Hall–Kier alpha value is -1.42. The average Bonchev–Trinajstić information content (AvgIpc) is 3.31. The van der Waals surface area contributed by atoms with E-state index in [-0.39, 0.29) is 25.3 Å². The van der Waals surface area contributed by atoms with E-state index in [1.807, 2.05) is 13.8 Å². The quantitative estimate of drug-likeness (QED) is 0.188. The summed E-state index contributed by atoms with van der Waals surface area (Å²) in [4.78, 5) is 28.9. The molecule has 13 nitrogen and oxygen atoms in total. The summed E-state index contributed by atoms with van der Waals surface area (Å²) in [6.07, 6.45) is -4.15. The summed E-state index contributed by atoms with van der Waals surface area (Å²) in [5, 5.41) is 83.5. The molecule has 3 heterocycles. The first-order valence-electron chi connectivity index (χ1n) is 18.9. The minimum absolute atomic E-state index is 0.0328. The monoisotopic (exact) mass is 709 g/mol. The molecule has 3 aliphatic heterocycles. The van der Waals surface area contributed by atoms with Gasteiger partial charge >= 0.3 is 11.9 Å². The van der Waals surface area contributed by atoms with Crippen LogP contribution in [0.5, 0.6) is 0 Å². The zero-order valence-electron chi connectivity index (χ0n) is 30.5. The van der Waals surface area contributed by atoms with Crippen LogP contribution in [-0.4, -0.2) is 130 Å². The number of piperidine rings is 2. The topological polar surface area (TPSA) is 207 Å². The Morgan fingerprint density at radius 2 is 1.74 bits per heavy atom. The average molecular weight is 710 g/mol. The van der Waals surface area contributed by atoms with Crippen molar-refractivity contribution in [1.29, 1.82) is 0 Å². The first kappa shape index (κ1) is 36.9. The van der Waals surface area contributed by atoms with Crippen molar-refractivity contribution in [2.24, 2.45) is 46.8 Å². The van der Waals surface area contributed by atoms with E-state index in [0.717, 1.165) is 26.3 Å². The van der Waals surface area contributed by atoms with Crippen LogP contribution in [0.15, 0.2) is 0 Å². The molecule has 7 N–H and O–H groups in total. The number of carbonyl (C=O) groups is 2. The smallest absolute Gasteiger partial charge is 0.341 e. The lowest BCUT2D eigenvalue weighted by molar-refractivity contribution is -0.300. The van der Waals surface area contributed by atoms with Crippen LogP contribution in [0.1, 0.15) is 93.4 Å². The van der Waals surface area contributed by atoms with Crippen LogP contribution in [0, 0.1) is 46.8 Å². The van der Waals surface area contributed by atoms with Crippen LogP contribution in [-0.2, 0) is 23.8 Å². The van der Waals surface area contributed by atoms with Crippen molar-refractivity contribution < 1.29 is 59.5 Å². The van der Waals surface area contributed by atoms with Crippen molar-refractivity contribution in [3.63, 3.8) is 0 Å². The van der Waals surface area contributed by atoms with Crippen molar-refractivity contribution >= 4 is 11.9 Å². The van der Waals surface area contributed by atoms with Gasteiger partial charge in [0, 0.05) is 42.3 Å². The molecule has 4 saturated carbocycles. The first-order valence-corrected chi connectivity index (χ1v) is 18.9. The predicted molar refractivity (Wildman–Crippen MR) is 176 cm³/mol. The van der Waals surface area contributed by atoms with Gasteiger partial charge in [-0.15, -0.1) is 0 Å². The van der Waals surface area contributed by atoms with Crippen molar-refractivity contribution in [3.8, 4) is 0 Å². The van der Waals surface area contributed by atoms with Crippen LogP contribution in [0.25, 0.3) is 0 Å². The zero-order chi connectivity index (χ0) is 36.7. The summed E-state index contributed by atoms with van der Waals surface area (Å²) in [5.41, 5.74) is -7.89. The molecule has 1 spiro atoms. The number of fused-ring (bicyclic) bond motifs is 5. The van der Waals surface area contributed by atoms with Crippen molar-refractivity contribution in [2.45, 2.75) is 158 Å². The van der Waals surface area contributed by atoms with E-state index >= 15 is 0 Å². The Bertz CT molecular complexity index is 1390. The normalized spacial score (nSPS) is 54.6. The number of aliphatic hydroxyl groups is 7. The third-order valence-electron chi connectivity index (χ3n) is 15.5. The fraction of sp³-hybridized carbons (Fsp3) is 0.946. The zero-order valence-corrected chi connectivity index (χ0v) is 30.5. The van der Waals surface area contributed by atoms with Crippen LogP contribution >= 0.6 is 0 Å². The highest BCUT2D eigenvalue weighted by Crippen LogP contribution is 2.77. The molecule has 0 aromatic rings. The highest BCUT2D eigenvalue weighted by Gasteiger charge is 2.87. The Morgan fingerprint density at radius 3 is 2.38 bits per heavy atom. The third-order valence-corrected chi connectivity index (χ3v) is 15.5. The highest BCUT2D eigenvalue weighted by molar-refractivity contribution is 5.79. The second kappa shape index (κ2) is 11.5. The van der Waals surface area contributed by atoms with Crippen LogP contribution < -0.4 is 0 Å². The molecular formula is C37H59NO12. The number of carbonyl (C=O) groups excluding carboxylic acids is 2. The molecule has 0 aromatic heterocycles. The molecule has 4 aliphatic carbocycles. The van der Waals surface area contributed by atoms with Gasteiger partial charge in [0.2, 0.25) is 5.79 Å². The van der Waals surface area contributed by atoms with Gasteiger partial charge < -0.3 is 50.0 Å². The molecule has 0 amide bonds. The standard InChI is InChI=1S/C37H59NO12/c1-8-18(3)30(42)49-29-27(41)26-20(16-38-15-17(2)9-10-24(38)34(26,7)45)21-14-35-28(36(21,29)46)22(40)13-23-32(35,5)12-11-25(37(23,47)50-35)48-31(43)33(6,44)19(4)39/h17-29,39-41,44-47H,8-16H2,1-7H3/t17-,18+,19+,20-,21-,22+,23-,24-,25-,26+,27+,28+,29-,32-,33+,34?,35+,36-,37-/m0/s1. The van der Waals surface area contributed by atoms with E-state index in [2.05, 4.69) is 11.8 Å². The van der Waals surface area contributed by atoms with Gasteiger partial charge in [-0.1, -0.05) is 27.7 Å². The first-order chi connectivity index (χ1) is 23.1. The Balaban J connectivity index is 1.34. The number of hydrogen-bond donors (Lipinski definition) is 7. The number of rotatable bonds is 6. The number of ether oxygens (including phenoxy) is 3. The minimum Gasteiger partial charge on any atom is -0.456 e. The Labute approximate surface area is 294 Å². The van der Waals surface area contributed by atoms with Gasteiger partial charge in [0.1, 0.15) is 5.60 Å². The second-order valence-electron chi connectivity index (χ2n) is 18.2. The van der Waals surface area contributed by atoms with Crippen LogP contribution in [0.3, 0.4) is 0 Å². The fourth-order valence-corrected chi connectivity index (χ4v) is 12.5. The van der Waals surface area contributed by atoms with Gasteiger partial charge in [0.05, 0.1) is 35.4 Å². The molecule has 7 rings (SSSR count). The van der Waals surface area contributed by atoms with Gasteiger partial charge in [0.15, 0.2) is 17.8 Å². The van der Waals surface area contributed by atoms with Gasteiger partial charge in [0.25, 0.3) is 0 Å². The van der Waals surface area contributed by atoms with E-state index in [4.69, 9.17) is 14.2 Å². The summed E-state index contributed by atoms with van der Waals surface area (Å²) in [7, 11) is 0. The fourth-order valence-electron chi connectivity index (χ4n) is 12.5. The molecular weight excluding hydrogens is 650 g/mol. The second-order valence-corrected chi connectivity index (χ2v) is 18.2. The lowest BCUT2D eigenvalue weighted by Gasteiger charge is -2.64. The molecule has 50 heavy (non-hydrogen) atoms. The van der Waals surface area contributed by atoms with E-state index in [1.54, 1.807) is 13.8 Å². The number of esters is 2. The third kappa shape index (κ3) is 4.57. The number of aliphatic hydroxyl groups excluding tert-OH is 3. The SMILES string of the molecule is CC[C@@H](C)C(=O)O[C@H]1[C@H](O)[C@H]2[C@@H](CN3C[C@@H](C)CC[C@H]3C2(C)O)[C@@H]2C[C@]34O[C@]5(O)[C@@H](OC(=O)[C@](C)(O)[C@@H](C)O)CC[C@@]3(C)[C@@H]5C[C@@H](O)[C@H]4[C@@]21O. The van der Waals surface area contributed by atoms with Gasteiger partial charge in [-0.2, -0.15) is 0 Å². The molecule has 19 atom stereocenters. The molecule has 3 saturated heterocycles. The minimum atomic E-state index is -2.25. The lowest BCUT2D eigenvalue weighted by Crippen LogP contribution is -2.77. The predicted octanol–water partition coefficient (Wildman–Crippen LogP) is 0.466. The van der Waals surface area contributed by atoms with Gasteiger partial charge in [-0.05, 0) is 83.5 Å². The van der Waals surface area contributed by atoms with E-state index in [0.29, 0.717) is 25.3 Å². The molecule has 1 unspecified atom stereocenters. The van der Waals surface area contributed by atoms with Gasteiger partial charge in [-0.3, -0.25) is 9.69 Å². The van der Waals surface area contributed by atoms with Gasteiger partial charge in [-0.25, -0.2) is 4.79 Å². The van der Waals surface area contributed by atoms with Crippen LogP contribution in [0.2, 0.25) is 0 Å². The Kier molecular flexibility index (Phi) is 8.52. The lowest BCUT2D eigenvalue weighted by atomic mass is 9.49. The summed E-state index contributed by atoms with van der Waals surface area (Å²) < 4.78 is 18.7. The van der Waals surface area contributed by atoms with Crippen LogP contribution in [0.4, 0.5) is 0 Å². The van der Waals surface area contributed by atoms with E-state index < -0.39 is 112 Å². The molecule has 0 aromatic carbocycles. The van der Waals surface area contributed by atoms with Crippen molar-refractivity contribution in [2.75, 3.05) is 13.1 Å². The maximum Gasteiger partial charge on any atom is 0.341 e. The molecule has 7 fully saturated rings. The largest absolute Gasteiger partial charge is 0.456 e. The highest BCUT2D eigenvalue weighted by atomic mass is 16.7.